The minimum absolute atomic E-state index is 0.0369. The van der Waals surface area contributed by atoms with E-state index in [9.17, 15) is 13.5 Å². The lowest BCUT2D eigenvalue weighted by Gasteiger charge is -2.16. The monoisotopic (exact) mass is 305 g/mol. The molecule has 1 saturated heterocycles. The third kappa shape index (κ3) is 3.43. The number of hydrogen-bond acceptors (Lipinski definition) is 4. The van der Waals surface area contributed by atoms with E-state index in [4.69, 9.17) is 0 Å². The molecule has 4 nitrogen and oxygen atoms in total. The Morgan fingerprint density at radius 3 is 2.67 bits per heavy atom. The quantitative estimate of drug-likeness (QED) is 0.901. The topological polar surface area (TPSA) is 66.4 Å². The Morgan fingerprint density at radius 1 is 1.19 bits per heavy atom. The van der Waals surface area contributed by atoms with Crippen LogP contribution < -0.4 is 5.32 Å². The summed E-state index contributed by atoms with van der Waals surface area (Å²) in [6, 6.07) is 13.9. The second-order valence-corrected chi connectivity index (χ2v) is 7.86. The van der Waals surface area contributed by atoms with E-state index in [2.05, 4.69) is 5.32 Å². The molecular weight excluding hydrogens is 286 g/mol. The van der Waals surface area contributed by atoms with Crippen LogP contribution in [-0.4, -0.2) is 37.6 Å². The molecule has 1 heterocycles. The van der Waals surface area contributed by atoms with Crippen LogP contribution in [0.3, 0.4) is 0 Å². The van der Waals surface area contributed by atoms with Gasteiger partial charge in [-0.2, -0.15) is 0 Å². The Morgan fingerprint density at radius 2 is 1.95 bits per heavy atom. The Balaban J connectivity index is 1.65. The molecule has 112 valence electrons. The van der Waals surface area contributed by atoms with Crippen molar-refractivity contribution in [3.05, 3.63) is 48.0 Å². The van der Waals surface area contributed by atoms with Crippen LogP contribution in [0.15, 0.2) is 42.5 Å². The zero-order valence-electron chi connectivity index (χ0n) is 11.7. The van der Waals surface area contributed by atoms with Gasteiger partial charge in [-0.1, -0.05) is 36.4 Å². The van der Waals surface area contributed by atoms with Crippen molar-refractivity contribution in [2.45, 2.75) is 18.6 Å². The second kappa shape index (κ2) is 5.75. The molecule has 3 rings (SSSR count). The van der Waals surface area contributed by atoms with Gasteiger partial charge in [-0.3, -0.25) is 0 Å². The average Bonchev–Trinajstić information content (AvgIpc) is 2.83. The molecule has 0 saturated carbocycles. The Labute approximate surface area is 124 Å². The van der Waals surface area contributed by atoms with Gasteiger partial charge >= 0.3 is 0 Å². The van der Waals surface area contributed by atoms with Gasteiger partial charge in [-0.15, -0.1) is 0 Å². The molecule has 5 heteroatoms. The summed E-state index contributed by atoms with van der Waals surface area (Å²) < 4.78 is 22.8. The third-order valence-corrected chi connectivity index (χ3v) is 5.76. The fourth-order valence-electron chi connectivity index (χ4n) is 2.77. The maximum Gasteiger partial charge on any atom is 0.151 e. The zero-order chi connectivity index (χ0) is 14.9. The Kier molecular flexibility index (Phi) is 3.97. The molecular formula is C16H19NO3S. The number of rotatable bonds is 4. The summed E-state index contributed by atoms with van der Waals surface area (Å²) in [7, 11) is -2.88. The van der Waals surface area contributed by atoms with E-state index >= 15 is 0 Å². The summed E-state index contributed by atoms with van der Waals surface area (Å²) in [6.45, 7) is 0.374. The molecule has 1 aliphatic heterocycles. The number of aliphatic hydroxyl groups excluding tert-OH is 1. The SMILES string of the molecule is O=S1(=O)CCC(NCC(O)c2ccc3ccccc3c2)C1. The number of nitrogens with one attached hydrogen (secondary N) is 1. The van der Waals surface area contributed by atoms with E-state index in [0.717, 1.165) is 16.3 Å². The smallest absolute Gasteiger partial charge is 0.151 e. The highest BCUT2D eigenvalue weighted by atomic mass is 32.2. The predicted molar refractivity (Wildman–Crippen MR) is 84.0 cm³/mol. The van der Waals surface area contributed by atoms with E-state index in [1.54, 1.807) is 0 Å². The second-order valence-electron chi connectivity index (χ2n) is 5.63. The summed E-state index contributed by atoms with van der Waals surface area (Å²) >= 11 is 0. The minimum atomic E-state index is -2.88. The molecule has 2 atom stereocenters. The third-order valence-electron chi connectivity index (χ3n) is 3.99. The van der Waals surface area contributed by atoms with Gasteiger partial charge in [0.05, 0.1) is 17.6 Å². The number of benzene rings is 2. The lowest BCUT2D eigenvalue weighted by Crippen LogP contribution is -2.33. The molecule has 0 radical (unpaired) electrons. The van der Waals surface area contributed by atoms with Crippen molar-refractivity contribution in [2.75, 3.05) is 18.1 Å². The lowest BCUT2D eigenvalue weighted by atomic mass is 10.0. The van der Waals surface area contributed by atoms with E-state index < -0.39 is 15.9 Å². The van der Waals surface area contributed by atoms with Gasteiger partial charge in [0.1, 0.15) is 0 Å². The highest BCUT2D eigenvalue weighted by molar-refractivity contribution is 7.91. The van der Waals surface area contributed by atoms with Crippen molar-refractivity contribution in [1.82, 2.24) is 5.32 Å². The molecule has 0 amide bonds. The maximum absolute atomic E-state index is 11.4. The van der Waals surface area contributed by atoms with Crippen molar-refractivity contribution < 1.29 is 13.5 Å². The molecule has 0 aliphatic carbocycles. The van der Waals surface area contributed by atoms with Crippen LogP contribution >= 0.6 is 0 Å². The van der Waals surface area contributed by atoms with Crippen LogP contribution in [-0.2, 0) is 9.84 Å². The lowest BCUT2D eigenvalue weighted by molar-refractivity contribution is 0.171. The number of fused-ring (bicyclic) bond motifs is 1. The highest BCUT2D eigenvalue weighted by Gasteiger charge is 2.27. The molecule has 2 unspecified atom stereocenters. The van der Waals surface area contributed by atoms with Crippen LogP contribution in [0.1, 0.15) is 18.1 Å². The highest BCUT2D eigenvalue weighted by Crippen LogP contribution is 2.20. The largest absolute Gasteiger partial charge is 0.387 e. The van der Waals surface area contributed by atoms with E-state index in [-0.39, 0.29) is 17.5 Å². The number of aliphatic hydroxyl groups is 1. The van der Waals surface area contributed by atoms with Crippen LogP contribution in [0.25, 0.3) is 10.8 Å². The summed E-state index contributed by atoms with van der Waals surface area (Å²) in [4.78, 5) is 0. The molecule has 2 aromatic carbocycles. The first-order valence-corrected chi connectivity index (χ1v) is 8.96. The number of hydrogen-bond donors (Lipinski definition) is 2. The first-order chi connectivity index (χ1) is 10.0. The predicted octanol–water partition coefficient (Wildman–Crippen LogP) is 1.65. The van der Waals surface area contributed by atoms with Gasteiger partial charge in [0.2, 0.25) is 0 Å². The van der Waals surface area contributed by atoms with E-state index in [1.165, 1.54) is 0 Å². The standard InChI is InChI=1S/C16H19NO3S/c18-16(10-17-15-7-8-21(19,20)11-15)14-6-5-12-3-1-2-4-13(12)9-14/h1-6,9,15-18H,7-8,10-11H2. The molecule has 0 aromatic heterocycles. The van der Waals surface area contributed by atoms with Gasteiger partial charge in [-0.05, 0) is 28.8 Å². The van der Waals surface area contributed by atoms with Gasteiger partial charge in [0, 0.05) is 12.6 Å². The first kappa shape index (κ1) is 14.5. The molecule has 1 fully saturated rings. The van der Waals surface area contributed by atoms with E-state index in [1.807, 2.05) is 42.5 Å². The van der Waals surface area contributed by atoms with Crippen LogP contribution in [0.2, 0.25) is 0 Å². The van der Waals surface area contributed by atoms with Crippen LogP contribution in [0.5, 0.6) is 0 Å². The molecule has 21 heavy (non-hydrogen) atoms. The summed E-state index contributed by atoms with van der Waals surface area (Å²) in [5, 5.41) is 15.6. The Hall–Kier alpha value is -1.43. The van der Waals surface area contributed by atoms with Gasteiger partial charge in [0.25, 0.3) is 0 Å². The fraction of sp³-hybridized carbons (Fsp3) is 0.375. The summed E-state index contributed by atoms with van der Waals surface area (Å²) in [5.41, 5.74) is 0.849. The number of sulfone groups is 1. The summed E-state index contributed by atoms with van der Waals surface area (Å²) in [6.07, 6.45) is 0.00478. The molecule has 2 aromatic rings. The van der Waals surface area contributed by atoms with Crippen molar-refractivity contribution in [2.24, 2.45) is 0 Å². The zero-order valence-corrected chi connectivity index (χ0v) is 12.5. The van der Waals surface area contributed by atoms with Crippen molar-refractivity contribution >= 4 is 20.6 Å². The summed E-state index contributed by atoms with van der Waals surface area (Å²) in [5.74, 6) is 0.425. The molecule has 0 bridgehead atoms. The van der Waals surface area contributed by atoms with Crippen molar-refractivity contribution in [3.63, 3.8) is 0 Å². The fourth-order valence-corrected chi connectivity index (χ4v) is 4.48. The van der Waals surface area contributed by atoms with Crippen LogP contribution in [0, 0.1) is 0 Å². The van der Waals surface area contributed by atoms with Gasteiger partial charge < -0.3 is 10.4 Å². The average molecular weight is 305 g/mol. The van der Waals surface area contributed by atoms with Gasteiger partial charge in [0.15, 0.2) is 9.84 Å². The molecule has 1 aliphatic rings. The van der Waals surface area contributed by atoms with Gasteiger partial charge in [-0.25, -0.2) is 8.42 Å². The minimum Gasteiger partial charge on any atom is -0.387 e. The Bertz CT molecular complexity index is 742. The maximum atomic E-state index is 11.4. The first-order valence-electron chi connectivity index (χ1n) is 7.14. The van der Waals surface area contributed by atoms with E-state index in [0.29, 0.717) is 13.0 Å². The molecule has 2 N–H and O–H groups in total. The van der Waals surface area contributed by atoms with Crippen molar-refractivity contribution in [3.8, 4) is 0 Å². The normalized spacial score (nSPS) is 22.4. The molecule has 0 spiro atoms. The van der Waals surface area contributed by atoms with Crippen LogP contribution in [0.4, 0.5) is 0 Å². The van der Waals surface area contributed by atoms with Crippen molar-refractivity contribution in [1.29, 1.82) is 0 Å².